The number of aliphatic carboxylic acids is 1. The highest BCUT2D eigenvalue weighted by Crippen LogP contribution is 2.27. The first-order chi connectivity index (χ1) is 10.0. The normalized spacial score (nSPS) is 12.5. The second kappa shape index (κ2) is 7.28. The molecule has 0 aliphatic heterocycles. The SMILES string of the molecule is CC(CN(C)Cc1ccc(Sc2ccccn2)o1)C(=O)O. The number of furan rings is 1. The third-order valence-electron chi connectivity index (χ3n) is 2.91. The van der Waals surface area contributed by atoms with Gasteiger partial charge in [0.1, 0.15) is 10.8 Å². The molecule has 2 aromatic rings. The van der Waals surface area contributed by atoms with Gasteiger partial charge in [0.25, 0.3) is 0 Å². The Kier molecular flexibility index (Phi) is 5.41. The second-order valence-corrected chi connectivity index (χ2v) is 5.95. The van der Waals surface area contributed by atoms with Crippen molar-refractivity contribution in [3.8, 4) is 0 Å². The van der Waals surface area contributed by atoms with Crippen LogP contribution in [0.1, 0.15) is 12.7 Å². The maximum Gasteiger partial charge on any atom is 0.307 e. The zero-order valence-corrected chi connectivity index (χ0v) is 12.8. The highest BCUT2D eigenvalue weighted by atomic mass is 32.2. The average Bonchev–Trinajstić information content (AvgIpc) is 2.86. The molecular weight excluding hydrogens is 288 g/mol. The van der Waals surface area contributed by atoms with E-state index in [1.54, 1.807) is 13.1 Å². The topological polar surface area (TPSA) is 66.6 Å². The van der Waals surface area contributed by atoms with Gasteiger partial charge in [0.05, 0.1) is 12.5 Å². The van der Waals surface area contributed by atoms with Crippen molar-refractivity contribution in [2.24, 2.45) is 5.92 Å². The van der Waals surface area contributed by atoms with Gasteiger partial charge in [-0.3, -0.25) is 9.69 Å². The van der Waals surface area contributed by atoms with E-state index in [1.165, 1.54) is 11.8 Å². The molecule has 0 spiro atoms. The van der Waals surface area contributed by atoms with Crippen LogP contribution in [0.15, 0.2) is 51.1 Å². The summed E-state index contributed by atoms with van der Waals surface area (Å²) in [6.45, 7) is 2.77. The van der Waals surface area contributed by atoms with Gasteiger partial charge in [-0.1, -0.05) is 13.0 Å². The first kappa shape index (κ1) is 15.6. The summed E-state index contributed by atoms with van der Waals surface area (Å²) in [5, 5.41) is 10.6. The van der Waals surface area contributed by atoms with Crippen LogP contribution in [0.4, 0.5) is 0 Å². The highest BCUT2D eigenvalue weighted by molar-refractivity contribution is 7.99. The molecule has 112 valence electrons. The molecule has 2 heterocycles. The molecule has 0 aromatic carbocycles. The van der Waals surface area contributed by atoms with Crippen molar-refractivity contribution >= 4 is 17.7 Å². The van der Waals surface area contributed by atoms with Gasteiger partial charge < -0.3 is 9.52 Å². The van der Waals surface area contributed by atoms with Crippen molar-refractivity contribution in [1.29, 1.82) is 0 Å². The van der Waals surface area contributed by atoms with Crippen molar-refractivity contribution in [3.63, 3.8) is 0 Å². The van der Waals surface area contributed by atoms with E-state index in [4.69, 9.17) is 9.52 Å². The molecule has 1 atom stereocenters. The quantitative estimate of drug-likeness (QED) is 0.848. The summed E-state index contributed by atoms with van der Waals surface area (Å²) >= 11 is 1.46. The van der Waals surface area contributed by atoms with E-state index in [1.807, 2.05) is 42.3 Å². The molecule has 5 nitrogen and oxygen atoms in total. The minimum Gasteiger partial charge on any atom is -0.481 e. The molecule has 1 unspecified atom stereocenters. The minimum absolute atomic E-state index is 0.396. The summed E-state index contributed by atoms with van der Waals surface area (Å²) in [5.74, 6) is -0.367. The van der Waals surface area contributed by atoms with Crippen LogP contribution in [0.3, 0.4) is 0 Å². The van der Waals surface area contributed by atoms with Crippen LogP contribution in [-0.4, -0.2) is 34.6 Å². The fourth-order valence-electron chi connectivity index (χ4n) is 1.88. The third-order valence-corrected chi connectivity index (χ3v) is 3.78. The monoisotopic (exact) mass is 306 g/mol. The summed E-state index contributed by atoms with van der Waals surface area (Å²) in [5.41, 5.74) is 0. The Hall–Kier alpha value is -1.79. The van der Waals surface area contributed by atoms with Crippen LogP contribution in [0.25, 0.3) is 0 Å². The van der Waals surface area contributed by atoms with Gasteiger partial charge in [-0.2, -0.15) is 0 Å². The Balaban J connectivity index is 1.89. The second-order valence-electron chi connectivity index (χ2n) is 4.93. The van der Waals surface area contributed by atoms with Crippen LogP contribution in [-0.2, 0) is 11.3 Å². The molecule has 0 radical (unpaired) electrons. The lowest BCUT2D eigenvalue weighted by Gasteiger charge is -2.17. The molecule has 21 heavy (non-hydrogen) atoms. The molecular formula is C15H18N2O3S. The Bertz CT molecular complexity index is 586. The number of carboxylic acids is 1. The van der Waals surface area contributed by atoms with Crippen LogP contribution in [0.5, 0.6) is 0 Å². The fourth-order valence-corrected chi connectivity index (χ4v) is 2.64. The van der Waals surface area contributed by atoms with E-state index in [9.17, 15) is 4.79 Å². The molecule has 0 aliphatic carbocycles. The minimum atomic E-state index is -0.785. The van der Waals surface area contributed by atoms with Crippen molar-refractivity contribution in [3.05, 3.63) is 42.3 Å². The zero-order valence-electron chi connectivity index (χ0n) is 12.0. The number of carboxylic acid groups (broad SMARTS) is 1. The van der Waals surface area contributed by atoms with E-state index < -0.39 is 11.9 Å². The number of hydrogen-bond donors (Lipinski definition) is 1. The number of aromatic nitrogens is 1. The summed E-state index contributed by atoms with van der Waals surface area (Å²) in [6, 6.07) is 9.54. The molecule has 0 aliphatic rings. The first-order valence-corrected chi connectivity index (χ1v) is 7.45. The largest absolute Gasteiger partial charge is 0.481 e. The van der Waals surface area contributed by atoms with Gasteiger partial charge >= 0.3 is 5.97 Å². The summed E-state index contributed by atoms with van der Waals surface area (Å²) in [6.07, 6.45) is 1.74. The van der Waals surface area contributed by atoms with Crippen molar-refractivity contribution in [1.82, 2.24) is 9.88 Å². The third kappa shape index (κ3) is 4.91. The number of pyridine rings is 1. The number of rotatable bonds is 7. The predicted molar refractivity (Wildman–Crippen MR) is 80.2 cm³/mol. The van der Waals surface area contributed by atoms with Crippen molar-refractivity contribution in [2.75, 3.05) is 13.6 Å². The van der Waals surface area contributed by atoms with Crippen LogP contribution in [0.2, 0.25) is 0 Å². The summed E-state index contributed by atoms with van der Waals surface area (Å²) in [4.78, 5) is 17.0. The van der Waals surface area contributed by atoms with Gasteiger partial charge in [-0.25, -0.2) is 4.98 Å². The van der Waals surface area contributed by atoms with Gasteiger partial charge in [0.2, 0.25) is 0 Å². The first-order valence-electron chi connectivity index (χ1n) is 6.63. The zero-order chi connectivity index (χ0) is 15.2. The fraction of sp³-hybridized carbons (Fsp3) is 0.333. The van der Waals surface area contributed by atoms with Crippen LogP contribution < -0.4 is 0 Å². The van der Waals surface area contributed by atoms with Gasteiger partial charge in [-0.05, 0) is 43.1 Å². The van der Waals surface area contributed by atoms with Crippen LogP contribution >= 0.6 is 11.8 Å². The average molecular weight is 306 g/mol. The molecule has 0 amide bonds. The van der Waals surface area contributed by atoms with Gasteiger partial charge in [-0.15, -0.1) is 0 Å². The number of nitrogens with zero attached hydrogens (tertiary/aromatic N) is 2. The number of hydrogen-bond acceptors (Lipinski definition) is 5. The summed E-state index contributed by atoms with van der Waals surface area (Å²) < 4.78 is 5.73. The molecule has 2 aromatic heterocycles. The van der Waals surface area contributed by atoms with Gasteiger partial charge in [0.15, 0.2) is 5.09 Å². The molecule has 6 heteroatoms. The lowest BCUT2D eigenvalue weighted by molar-refractivity contribution is -0.141. The molecule has 0 fully saturated rings. The van der Waals surface area contributed by atoms with Crippen molar-refractivity contribution < 1.29 is 14.3 Å². The van der Waals surface area contributed by atoms with E-state index in [2.05, 4.69) is 4.98 Å². The van der Waals surface area contributed by atoms with Gasteiger partial charge in [0, 0.05) is 12.7 Å². The Morgan fingerprint density at radius 1 is 1.43 bits per heavy atom. The predicted octanol–water partition coefficient (Wildman–Crippen LogP) is 2.98. The van der Waals surface area contributed by atoms with E-state index in [-0.39, 0.29) is 0 Å². The Morgan fingerprint density at radius 3 is 2.90 bits per heavy atom. The van der Waals surface area contributed by atoms with E-state index in [0.717, 1.165) is 15.9 Å². The number of carbonyl (C=O) groups is 1. The molecule has 0 saturated heterocycles. The lowest BCUT2D eigenvalue weighted by Crippen LogP contribution is -2.28. The van der Waals surface area contributed by atoms with E-state index >= 15 is 0 Å². The maximum absolute atomic E-state index is 10.8. The Morgan fingerprint density at radius 2 is 2.24 bits per heavy atom. The molecule has 0 saturated carbocycles. The molecule has 0 bridgehead atoms. The van der Waals surface area contributed by atoms with E-state index in [0.29, 0.717) is 13.1 Å². The standard InChI is InChI=1S/C15H18N2O3S/c1-11(15(18)19)9-17(2)10-12-6-7-14(20-12)21-13-5-3-4-8-16-13/h3-8,11H,9-10H2,1-2H3,(H,18,19). The van der Waals surface area contributed by atoms with Crippen LogP contribution in [0, 0.1) is 5.92 Å². The Labute approximate surface area is 128 Å². The molecule has 1 N–H and O–H groups in total. The smallest absolute Gasteiger partial charge is 0.307 e. The maximum atomic E-state index is 10.8. The highest BCUT2D eigenvalue weighted by Gasteiger charge is 2.15. The molecule has 2 rings (SSSR count). The van der Waals surface area contributed by atoms with Crippen molar-refractivity contribution in [2.45, 2.75) is 23.6 Å². The lowest BCUT2D eigenvalue weighted by atomic mass is 10.2. The summed E-state index contributed by atoms with van der Waals surface area (Å²) in [7, 11) is 1.88.